The minimum Gasteiger partial charge on any atom is -0.284 e. The van der Waals surface area contributed by atoms with Crippen molar-refractivity contribution >= 4 is 63.1 Å². The molecular weight excluding hydrogens is 534 g/mol. The van der Waals surface area contributed by atoms with Crippen molar-refractivity contribution in [2.24, 2.45) is 11.0 Å². The van der Waals surface area contributed by atoms with Crippen LogP contribution < -0.4 is 10.4 Å². The minimum atomic E-state index is -0.146. The van der Waals surface area contributed by atoms with Crippen LogP contribution in [0.1, 0.15) is 37.8 Å². The summed E-state index contributed by atoms with van der Waals surface area (Å²) >= 11 is 14.9. The molecule has 30 heavy (non-hydrogen) atoms. The van der Waals surface area contributed by atoms with Gasteiger partial charge in [0.2, 0.25) is 0 Å². The zero-order valence-electron chi connectivity index (χ0n) is 16.6. The van der Waals surface area contributed by atoms with Gasteiger partial charge in [0.1, 0.15) is 5.71 Å². The molecule has 0 spiro atoms. The average Bonchev–Trinajstić information content (AvgIpc) is 3.06. The van der Waals surface area contributed by atoms with E-state index in [4.69, 9.17) is 28.3 Å². The number of hydrogen-bond acceptors (Lipinski definition) is 4. The Kier molecular flexibility index (Phi) is 6.87. The second-order valence-corrected chi connectivity index (χ2v) is 9.79. The number of hydrazone groups is 1. The number of carbonyl (C=O) groups is 1. The van der Waals surface area contributed by atoms with Crippen molar-refractivity contribution in [3.05, 3.63) is 61.6 Å². The van der Waals surface area contributed by atoms with Crippen molar-refractivity contribution in [2.45, 2.75) is 32.2 Å². The largest absolute Gasteiger partial charge is 0.284 e. The first kappa shape index (κ1) is 21.9. The quantitative estimate of drug-likeness (QED) is 0.494. The third kappa shape index (κ3) is 4.61. The molecule has 1 fully saturated rings. The lowest BCUT2D eigenvalue weighted by Gasteiger charge is -2.28. The number of benzene rings is 2. The summed E-state index contributed by atoms with van der Waals surface area (Å²) < 4.78 is 1.15. The number of hydrazine groups is 1. The molecule has 0 aromatic heterocycles. The molecule has 4 rings (SSSR count). The average molecular weight is 557 g/mol. The number of nitrogens with one attached hydrogen (secondary N) is 1. The summed E-state index contributed by atoms with van der Waals surface area (Å²) in [5, 5.41) is 9.68. The molecule has 0 saturated carbocycles. The Labute approximate surface area is 200 Å². The number of amides is 1. The van der Waals surface area contributed by atoms with Crippen LogP contribution >= 0.6 is 45.8 Å². The van der Waals surface area contributed by atoms with Gasteiger partial charge in [0.05, 0.1) is 16.8 Å². The Balaban J connectivity index is 1.68. The summed E-state index contributed by atoms with van der Waals surface area (Å²) in [4.78, 5) is 13.1. The Morgan fingerprint density at radius 2 is 1.80 bits per heavy atom. The van der Waals surface area contributed by atoms with Gasteiger partial charge in [-0.05, 0) is 71.3 Å². The number of hydrogen-bond donors (Lipinski definition) is 1. The summed E-state index contributed by atoms with van der Waals surface area (Å²) in [6, 6.07) is 13.5. The third-order valence-electron chi connectivity index (χ3n) is 5.60. The van der Waals surface area contributed by atoms with E-state index in [0.29, 0.717) is 15.8 Å². The topological polar surface area (TPSA) is 47.9 Å². The molecule has 8 heteroatoms. The molecule has 2 atom stereocenters. The number of halogens is 3. The Bertz CT molecular complexity index is 960. The van der Waals surface area contributed by atoms with E-state index < -0.39 is 0 Å². The van der Waals surface area contributed by atoms with Gasteiger partial charge in [0.15, 0.2) is 0 Å². The first-order valence-corrected chi connectivity index (χ1v) is 11.9. The van der Waals surface area contributed by atoms with Gasteiger partial charge in [-0.3, -0.25) is 15.2 Å². The van der Waals surface area contributed by atoms with E-state index in [9.17, 15) is 4.79 Å². The molecule has 0 radical (unpaired) electrons. The molecule has 0 aliphatic carbocycles. The van der Waals surface area contributed by atoms with Crippen LogP contribution in [0.5, 0.6) is 0 Å². The van der Waals surface area contributed by atoms with Crippen molar-refractivity contribution in [3.8, 4) is 0 Å². The van der Waals surface area contributed by atoms with Crippen LogP contribution in [0.4, 0.5) is 5.69 Å². The van der Waals surface area contributed by atoms with E-state index in [1.165, 1.54) is 6.42 Å². The van der Waals surface area contributed by atoms with E-state index >= 15 is 0 Å². The van der Waals surface area contributed by atoms with E-state index in [2.05, 4.69) is 52.3 Å². The summed E-state index contributed by atoms with van der Waals surface area (Å²) in [6.45, 7) is 3.79. The molecule has 2 aromatic carbocycles. The molecule has 2 aliphatic rings. The Morgan fingerprint density at radius 3 is 2.47 bits per heavy atom. The van der Waals surface area contributed by atoms with Gasteiger partial charge < -0.3 is 0 Å². The van der Waals surface area contributed by atoms with Gasteiger partial charge in [-0.2, -0.15) is 5.10 Å². The molecule has 0 unspecified atom stereocenters. The molecule has 2 aromatic rings. The SMILES string of the molecule is C[C@@H]1C(C(=O)NN2CCCCC2)=NN(c2ccc(Cl)cc2Cl)[C@@H]1c1ccc(I)cc1. The third-order valence-corrected chi connectivity index (χ3v) is 6.86. The molecule has 0 bridgehead atoms. The smallest absolute Gasteiger partial charge is 0.282 e. The molecule has 1 amide bonds. The maximum Gasteiger partial charge on any atom is 0.282 e. The maximum absolute atomic E-state index is 13.1. The predicted molar refractivity (Wildman–Crippen MR) is 131 cm³/mol. The van der Waals surface area contributed by atoms with Crippen LogP contribution in [0, 0.1) is 9.49 Å². The number of carbonyl (C=O) groups excluding carboxylic acids is 1. The highest BCUT2D eigenvalue weighted by atomic mass is 127. The number of anilines is 1. The number of rotatable bonds is 4. The predicted octanol–water partition coefficient (Wildman–Crippen LogP) is 5.67. The van der Waals surface area contributed by atoms with Crippen molar-refractivity contribution in [1.82, 2.24) is 10.4 Å². The zero-order chi connectivity index (χ0) is 21.3. The molecule has 158 valence electrons. The summed E-state index contributed by atoms with van der Waals surface area (Å²) in [7, 11) is 0. The fourth-order valence-corrected chi connectivity index (χ4v) is 4.90. The molecule has 1 N–H and O–H groups in total. The van der Waals surface area contributed by atoms with Crippen LogP contribution in [0.25, 0.3) is 0 Å². The molecule has 2 aliphatic heterocycles. The number of nitrogens with zero attached hydrogens (tertiary/aromatic N) is 3. The lowest BCUT2D eigenvalue weighted by molar-refractivity contribution is -0.120. The van der Waals surface area contributed by atoms with Gasteiger partial charge in [-0.1, -0.05) is 48.7 Å². The fourth-order valence-electron chi connectivity index (χ4n) is 4.05. The van der Waals surface area contributed by atoms with Gasteiger partial charge >= 0.3 is 0 Å². The maximum atomic E-state index is 13.1. The Morgan fingerprint density at radius 1 is 1.10 bits per heavy atom. The van der Waals surface area contributed by atoms with Crippen molar-refractivity contribution in [3.63, 3.8) is 0 Å². The summed E-state index contributed by atoms with van der Waals surface area (Å²) in [5.74, 6) is -0.255. The highest BCUT2D eigenvalue weighted by molar-refractivity contribution is 14.1. The second kappa shape index (κ2) is 9.42. The number of piperidine rings is 1. The van der Waals surface area contributed by atoms with Crippen LogP contribution in [0.3, 0.4) is 0 Å². The van der Waals surface area contributed by atoms with Gasteiger partial charge in [-0.15, -0.1) is 0 Å². The first-order chi connectivity index (χ1) is 14.4. The molecule has 5 nitrogen and oxygen atoms in total. The Hall–Kier alpha value is -1.35. The van der Waals surface area contributed by atoms with E-state index in [0.717, 1.165) is 40.8 Å². The van der Waals surface area contributed by atoms with Crippen LogP contribution in [-0.2, 0) is 4.79 Å². The van der Waals surface area contributed by atoms with E-state index in [1.54, 1.807) is 12.1 Å². The highest BCUT2D eigenvalue weighted by Crippen LogP contribution is 2.42. The lowest BCUT2D eigenvalue weighted by Crippen LogP contribution is -2.48. The van der Waals surface area contributed by atoms with Crippen molar-refractivity contribution < 1.29 is 4.79 Å². The zero-order valence-corrected chi connectivity index (χ0v) is 20.3. The van der Waals surface area contributed by atoms with Gasteiger partial charge in [-0.25, -0.2) is 5.01 Å². The van der Waals surface area contributed by atoms with Crippen LogP contribution in [-0.4, -0.2) is 29.7 Å². The first-order valence-electron chi connectivity index (χ1n) is 10.1. The van der Waals surface area contributed by atoms with Gasteiger partial charge in [0.25, 0.3) is 5.91 Å². The molecule has 2 heterocycles. The van der Waals surface area contributed by atoms with Gasteiger partial charge in [0, 0.05) is 27.6 Å². The molecular formula is C22H23Cl2IN4O. The minimum absolute atomic E-state index is 0.110. The van der Waals surface area contributed by atoms with E-state index in [-0.39, 0.29) is 17.9 Å². The van der Waals surface area contributed by atoms with Crippen molar-refractivity contribution in [1.29, 1.82) is 0 Å². The highest BCUT2D eigenvalue weighted by Gasteiger charge is 2.40. The van der Waals surface area contributed by atoms with E-state index in [1.807, 2.05) is 23.0 Å². The lowest BCUT2D eigenvalue weighted by atomic mass is 9.91. The summed E-state index contributed by atoms with van der Waals surface area (Å²) in [5.41, 5.74) is 5.37. The molecule has 1 saturated heterocycles. The second-order valence-electron chi connectivity index (χ2n) is 7.70. The van der Waals surface area contributed by atoms with Crippen LogP contribution in [0.2, 0.25) is 10.0 Å². The standard InChI is InChI=1S/C22H23Cl2IN4O/c1-14-20(22(30)27-28-11-3-2-4-12-28)26-29(19-10-7-16(23)13-18(19)24)21(14)15-5-8-17(25)9-6-15/h5-10,13-14,21H,2-4,11-12H2,1H3,(H,27,30)/t14-,21+/m1/s1. The van der Waals surface area contributed by atoms with Crippen LogP contribution in [0.15, 0.2) is 47.6 Å². The fraction of sp³-hybridized carbons (Fsp3) is 0.364. The monoisotopic (exact) mass is 556 g/mol. The van der Waals surface area contributed by atoms with Crippen molar-refractivity contribution in [2.75, 3.05) is 18.1 Å². The summed E-state index contributed by atoms with van der Waals surface area (Å²) in [6.07, 6.45) is 3.40. The normalized spacial score (nSPS) is 22.1.